The van der Waals surface area contributed by atoms with Crippen LogP contribution in [0.25, 0.3) is 0 Å². The van der Waals surface area contributed by atoms with Gasteiger partial charge in [0.1, 0.15) is 49.9 Å². The minimum Gasteiger partial charge on any atom is -0.478 e. The first kappa shape index (κ1) is 36.9. The molecule has 0 amide bonds. The van der Waals surface area contributed by atoms with Gasteiger partial charge in [-0.15, -0.1) is 26.2 Å². The normalized spacial score (nSPS) is 20.3. The Morgan fingerprint density at radius 2 is 1.29 bits per heavy atom. The topological polar surface area (TPSA) is 49.9 Å². The number of nitrogens with zero attached hydrogens (tertiary/aromatic N) is 4. The molecule has 0 radical (unpaired) electrons. The number of allylic oxidation sites excluding steroid dienone is 2. The van der Waals surface area contributed by atoms with E-state index in [-0.39, 0.29) is 17.8 Å². The molecule has 2 unspecified atom stereocenters. The second-order valence-corrected chi connectivity index (χ2v) is 15.3. The van der Waals surface area contributed by atoms with Crippen LogP contribution in [0.1, 0.15) is 57.2 Å². The van der Waals surface area contributed by atoms with Crippen LogP contribution in [0.5, 0.6) is 17.2 Å². The molecule has 0 spiro atoms. The highest BCUT2D eigenvalue weighted by atomic mass is 16.5. The first-order valence-corrected chi connectivity index (χ1v) is 19.4. The Bertz CT molecular complexity index is 1990. The molecule has 284 valence electrons. The standard InChI is InChI=1S/C47H52N4O4/c1-6-18-48-25-37-22-34(10-14-42(37)52-29-48)46(35-11-15-43-38(23-35)26-49(19-7-2)30-53-43)47(36-12-16-44-39(24-36)27-50(20-8-3)31-54-44)40-13-17-45-41(33(40)5)28-51(21-9-4)32-55-45/h3,6-7,9-11,13-17,22-24,36,46-47H,1-2,4,12,18-21,25-32H2,5H3. The fraction of sp³-hybridized carbons (Fsp3) is 0.362. The average Bonchev–Trinajstić information content (AvgIpc) is 3.20. The molecule has 0 N–H and O–H groups in total. The minimum absolute atomic E-state index is 0.00572. The number of ether oxygens (including phenoxy) is 4. The van der Waals surface area contributed by atoms with Gasteiger partial charge in [-0.05, 0) is 65.8 Å². The number of hydrogen-bond donors (Lipinski definition) is 0. The van der Waals surface area contributed by atoms with E-state index in [2.05, 4.69) is 113 Å². The first-order valence-electron chi connectivity index (χ1n) is 19.4. The number of benzene rings is 3. The molecule has 5 aliphatic rings. The van der Waals surface area contributed by atoms with Crippen molar-refractivity contribution < 1.29 is 18.9 Å². The zero-order chi connectivity index (χ0) is 37.9. The minimum atomic E-state index is -0.00572. The summed E-state index contributed by atoms with van der Waals surface area (Å²) >= 11 is 0. The van der Waals surface area contributed by atoms with Crippen LogP contribution in [-0.4, -0.2) is 79.2 Å². The molecular formula is C47H52N4O4. The Labute approximate surface area is 326 Å². The zero-order valence-corrected chi connectivity index (χ0v) is 32.1. The monoisotopic (exact) mass is 736 g/mol. The van der Waals surface area contributed by atoms with Crippen molar-refractivity contribution in [3.05, 3.63) is 149 Å². The Morgan fingerprint density at radius 3 is 1.89 bits per heavy atom. The quantitative estimate of drug-likeness (QED) is 0.139. The van der Waals surface area contributed by atoms with E-state index in [1.807, 2.05) is 18.2 Å². The van der Waals surface area contributed by atoms with E-state index in [0.717, 1.165) is 75.2 Å². The van der Waals surface area contributed by atoms with Gasteiger partial charge in [0.05, 0.1) is 6.54 Å². The van der Waals surface area contributed by atoms with Crippen LogP contribution in [0.3, 0.4) is 0 Å². The van der Waals surface area contributed by atoms with Gasteiger partial charge in [-0.3, -0.25) is 19.6 Å². The molecule has 8 heteroatoms. The maximum Gasteiger partial charge on any atom is 0.143 e. The predicted molar refractivity (Wildman–Crippen MR) is 218 cm³/mol. The second kappa shape index (κ2) is 16.4. The van der Waals surface area contributed by atoms with Gasteiger partial charge in [-0.2, -0.15) is 0 Å². The van der Waals surface area contributed by atoms with Gasteiger partial charge in [0, 0.05) is 79.9 Å². The highest BCUT2D eigenvalue weighted by Crippen LogP contribution is 2.50. The number of rotatable bonds is 12. The largest absolute Gasteiger partial charge is 0.478 e. The number of fused-ring (bicyclic) bond motifs is 4. The van der Waals surface area contributed by atoms with E-state index in [0.29, 0.717) is 33.5 Å². The Balaban J connectivity index is 1.30. The van der Waals surface area contributed by atoms with Gasteiger partial charge >= 0.3 is 0 Å². The fourth-order valence-corrected chi connectivity index (χ4v) is 9.04. The van der Waals surface area contributed by atoms with Crippen LogP contribution in [0.15, 0.2) is 110 Å². The zero-order valence-electron chi connectivity index (χ0n) is 32.1. The molecule has 3 aromatic rings. The molecule has 2 atom stereocenters. The predicted octanol–water partition coefficient (Wildman–Crippen LogP) is 7.68. The molecule has 1 aliphatic carbocycles. The first-order chi connectivity index (χ1) is 27.0. The van der Waals surface area contributed by atoms with Gasteiger partial charge in [0.15, 0.2) is 0 Å². The molecule has 0 saturated carbocycles. The lowest BCUT2D eigenvalue weighted by atomic mass is 9.67. The lowest BCUT2D eigenvalue weighted by Gasteiger charge is -2.40. The van der Waals surface area contributed by atoms with E-state index >= 15 is 0 Å². The van der Waals surface area contributed by atoms with Gasteiger partial charge in [-0.1, -0.05) is 60.6 Å². The van der Waals surface area contributed by atoms with Crippen LogP contribution in [-0.2, 0) is 24.4 Å². The highest BCUT2D eigenvalue weighted by molar-refractivity contribution is 5.53. The molecule has 1 saturated heterocycles. The third-order valence-electron chi connectivity index (χ3n) is 11.6. The van der Waals surface area contributed by atoms with Crippen molar-refractivity contribution in [2.24, 2.45) is 5.92 Å². The van der Waals surface area contributed by atoms with Crippen LogP contribution in [0.4, 0.5) is 0 Å². The van der Waals surface area contributed by atoms with E-state index < -0.39 is 0 Å². The van der Waals surface area contributed by atoms with Crippen molar-refractivity contribution in [2.75, 3.05) is 59.6 Å². The molecule has 0 bridgehead atoms. The Morgan fingerprint density at radius 1 is 0.727 bits per heavy atom. The van der Waals surface area contributed by atoms with Crippen LogP contribution < -0.4 is 14.2 Å². The smallest absolute Gasteiger partial charge is 0.143 e. The number of hydrogen-bond acceptors (Lipinski definition) is 8. The van der Waals surface area contributed by atoms with Gasteiger partial charge in [0.25, 0.3) is 0 Å². The van der Waals surface area contributed by atoms with Crippen molar-refractivity contribution >= 4 is 0 Å². The lowest BCUT2D eigenvalue weighted by Crippen LogP contribution is -2.36. The second-order valence-electron chi connectivity index (χ2n) is 15.3. The summed E-state index contributed by atoms with van der Waals surface area (Å²) in [4.78, 5) is 9.04. The molecule has 4 aliphatic heterocycles. The highest BCUT2D eigenvalue weighted by Gasteiger charge is 2.38. The summed E-state index contributed by atoms with van der Waals surface area (Å²) in [5.41, 5.74) is 9.96. The van der Waals surface area contributed by atoms with Crippen molar-refractivity contribution in [1.29, 1.82) is 0 Å². The van der Waals surface area contributed by atoms with Crippen LogP contribution in [0.2, 0.25) is 0 Å². The van der Waals surface area contributed by atoms with Crippen molar-refractivity contribution in [3.8, 4) is 29.6 Å². The maximum atomic E-state index is 6.34. The molecule has 55 heavy (non-hydrogen) atoms. The Kier molecular flexibility index (Phi) is 11.0. The molecule has 3 aromatic carbocycles. The summed E-state index contributed by atoms with van der Waals surface area (Å²) in [6.45, 7) is 22.5. The lowest BCUT2D eigenvalue weighted by molar-refractivity contribution is 0.0642. The molecule has 4 heterocycles. The van der Waals surface area contributed by atoms with Crippen molar-refractivity contribution in [3.63, 3.8) is 0 Å². The molecule has 8 rings (SSSR count). The van der Waals surface area contributed by atoms with Gasteiger partial charge in [-0.25, -0.2) is 0 Å². The maximum absolute atomic E-state index is 6.34. The molecule has 0 aromatic heterocycles. The fourth-order valence-electron chi connectivity index (χ4n) is 9.04. The summed E-state index contributed by atoms with van der Waals surface area (Å²) in [6.07, 6.45) is 17.2. The Hall–Kier alpha value is -5.04. The van der Waals surface area contributed by atoms with E-state index in [1.165, 1.54) is 44.5 Å². The molecule has 1 fully saturated rings. The third-order valence-corrected chi connectivity index (χ3v) is 11.6. The van der Waals surface area contributed by atoms with E-state index in [4.69, 9.17) is 25.4 Å². The summed E-state index contributed by atoms with van der Waals surface area (Å²) in [7, 11) is 0. The average molecular weight is 737 g/mol. The van der Waals surface area contributed by atoms with Gasteiger partial charge < -0.3 is 18.9 Å². The number of terminal acetylenes is 1. The SMILES string of the molecule is C#CCN1COC2=CCC(C(c3ccc4c(c3C)CN(CC=C)CO4)C(c3ccc4c(c3)CN(CC=C)CO4)c3ccc4c(c3)CN(CC=C)CO4)C=C2C1. The van der Waals surface area contributed by atoms with E-state index in [9.17, 15) is 0 Å². The van der Waals surface area contributed by atoms with Gasteiger partial charge in [0.2, 0.25) is 0 Å². The summed E-state index contributed by atoms with van der Waals surface area (Å²) < 4.78 is 25.2. The van der Waals surface area contributed by atoms with E-state index in [1.54, 1.807) is 0 Å². The summed E-state index contributed by atoms with van der Waals surface area (Å²) in [6, 6.07) is 18.2. The van der Waals surface area contributed by atoms with Crippen LogP contribution >= 0.6 is 0 Å². The van der Waals surface area contributed by atoms with Crippen molar-refractivity contribution in [2.45, 2.75) is 44.8 Å². The third kappa shape index (κ3) is 7.63. The summed E-state index contributed by atoms with van der Waals surface area (Å²) in [5.74, 6) is 6.88. The van der Waals surface area contributed by atoms with Crippen LogP contribution in [0, 0.1) is 25.2 Å². The molecular weight excluding hydrogens is 685 g/mol. The molecule has 8 nitrogen and oxygen atoms in total. The van der Waals surface area contributed by atoms with Crippen molar-refractivity contribution in [1.82, 2.24) is 19.6 Å². The summed E-state index contributed by atoms with van der Waals surface area (Å²) in [5, 5.41) is 0.